The molecule has 0 saturated carbocycles. The number of morpholine rings is 2. The van der Waals surface area contributed by atoms with Crippen molar-refractivity contribution in [2.75, 3.05) is 64.6 Å². The third-order valence-electron chi connectivity index (χ3n) is 5.74. The summed E-state index contributed by atoms with van der Waals surface area (Å²) in [7, 11) is 1.36. The van der Waals surface area contributed by atoms with Gasteiger partial charge >= 0.3 is 5.97 Å². The maximum atomic E-state index is 12.1. The number of carbonyl (C=O) groups is 1. The standard InChI is InChI=1S/C23H28N2O5/c1-28-23(27)18-4-7-21(26)20(16-18)22(25-10-14-30-15-11-25)17-2-5-19(6-3-17)24-8-12-29-13-9-24/h2-7,16,22,26H,8-15H2,1H3. The van der Waals surface area contributed by atoms with Crippen molar-refractivity contribution in [2.24, 2.45) is 0 Å². The topological polar surface area (TPSA) is 71.5 Å². The van der Waals surface area contributed by atoms with Crippen LogP contribution in [0.1, 0.15) is 27.5 Å². The number of carbonyl (C=O) groups excluding carboxylic acids is 1. The summed E-state index contributed by atoms with van der Waals surface area (Å²) >= 11 is 0. The predicted octanol–water partition coefficient (Wildman–Crippen LogP) is 2.44. The molecule has 2 fully saturated rings. The minimum absolute atomic E-state index is 0.163. The van der Waals surface area contributed by atoms with E-state index in [1.807, 2.05) is 0 Å². The van der Waals surface area contributed by atoms with Crippen LogP contribution in [-0.4, -0.2) is 75.7 Å². The van der Waals surface area contributed by atoms with E-state index < -0.39 is 5.97 Å². The Hall–Kier alpha value is -2.61. The zero-order valence-electron chi connectivity index (χ0n) is 17.3. The Kier molecular flexibility index (Phi) is 6.52. The highest BCUT2D eigenvalue weighted by Crippen LogP contribution is 2.36. The number of methoxy groups -OCH3 is 1. The Balaban J connectivity index is 1.69. The molecule has 7 nitrogen and oxygen atoms in total. The lowest BCUT2D eigenvalue weighted by Gasteiger charge is -2.36. The third kappa shape index (κ3) is 4.43. The molecule has 2 aliphatic heterocycles. The van der Waals surface area contributed by atoms with Crippen LogP contribution in [0.25, 0.3) is 0 Å². The highest BCUT2D eigenvalue weighted by Gasteiger charge is 2.27. The molecule has 2 heterocycles. The highest BCUT2D eigenvalue weighted by atomic mass is 16.5. The number of rotatable bonds is 5. The molecular weight excluding hydrogens is 384 g/mol. The van der Waals surface area contributed by atoms with E-state index in [1.54, 1.807) is 18.2 Å². The number of phenolic OH excluding ortho intramolecular Hbond substituents is 1. The fraction of sp³-hybridized carbons (Fsp3) is 0.435. The molecule has 0 bridgehead atoms. The van der Waals surface area contributed by atoms with Gasteiger partial charge in [-0.1, -0.05) is 12.1 Å². The lowest BCUT2D eigenvalue weighted by Crippen LogP contribution is -2.39. The number of phenols is 1. The third-order valence-corrected chi connectivity index (χ3v) is 5.74. The zero-order chi connectivity index (χ0) is 20.9. The normalized spacial score (nSPS) is 18.8. The van der Waals surface area contributed by atoms with E-state index in [2.05, 4.69) is 34.1 Å². The number of esters is 1. The second-order valence-corrected chi connectivity index (χ2v) is 7.51. The van der Waals surface area contributed by atoms with Crippen LogP contribution < -0.4 is 4.90 Å². The summed E-state index contributed by atoms with van der Waals surface area (Å²) in [6, 6.07) is 13.2. The molecule has 2 saturated heterocycles. The molecule has 7 heteroatoms. The maximum absolute atomic E-state index is 12.1. The average Bonchev–Trinajstić information content (AvgIpc) is 2.81. The van der Waals surface area contributed by atoms with Crippen molar-refractivity contribution in [3.63, 3.8) is 0 Å². The van der Waals surface area contributed by atoms with Crippen molar-refractivity contribution < 1.29 is 24.1 Å². The molecule has 0 spiro atoms. The van der Waals surface area contributed by atoms with E-state index in [-0.39, 0.29) is 11.8 Å². The maximum Gasteiger partial charge on any atom is 0.337 e. The first-order chi connectivity index (χ1) is 14.7. The van der Waals surface area contributed by atoms with Crippen LogP contribution in [0.5, 0.6) is 5.75 Å². The van der Waals surface area contributed by atoms with Gasteiger partial charge in [0.25, 0.3) is 0 Å². The number of hydrogen-bond acceptors (Lipinski definition) is 7. The second kappa shape index (κ2) is 9.47. The van der Waals surface area contributed by atoms with Gasteiger partial charge in [0.2, 0.25) is 0 Å². The molecule has 160 valence electrons. The van der Waals surface area contributed by atoms with Crippen LogP contribution in [0.15, 0.2) is 42.5 Å². The van der Waals surface area contributed by atoms with Crippen LogP contribution >= 0.6 is 0 Å². The largest absolute Gasteiger partial charge is 0.508 e. The fourth-order valence-corrected chi connectivity index (χ4v) is 4.13. The van der Waals surface area contributed by atoms with Crippen molar-refractivity contribution in [2.45, 2.75) is 6.04 Å². The monoisotopic (exact) mass is 412 g/mol. The van der Waals surface area contributed by atoms with Crippen molar-refractivity contribution in [3.8, 4) is 5.75 Å². The predicted molar refractivity (Wildman–Crippen MR) is 113 cm³/mol. The van der Waals surface area contributed by atoms with Gasteiger partial charge in [-0.3, -0.25) is 4.90 Å². The van der Waals surface area contributed by atoms with E-state index in [9.17, 15) is 9.90 Å². The second-order valence-electron chi connectivity index (χ2n) is 7.51. The molecule has 0 aromatic heterocycles. The van der Waals surface area contributed by atoms with Gasteiger partial charge in [-0.15, -0.1) is 0 Å². The molecule has 4 rings (SSSR count). The van der Waals surface area contributed by atoms with Gasteiger partial charge in [-0.2, -0.15) is 0 Å². The van der Waals surface area contributed by atoms with E-state index in [0.29, 0.717) is 24.3 Å². The van der Waals surface area contributed by atoms with Crippen molar-refractivity contribution in [1.82, 2.24) is 4.90 Å². The first kappa shape index (κ1) is 20.7. The minimum atomic E-state index is -0.417. The van der Waals surface area contributed by atoms with Crippen LogP contribution in [0, 0.1) is 0 Å². The summed E-state index contributed by atoms with van der Waals surface area (Å²) < 4.78 is 15.9. The van der Waals surface area contributed by atoms with E-state index in [4.69, 9.17) is 14.2 Å². The van der Waals surface area contributed by atoms with Gasteiger partial charge in [0.1, 0.15) is 5.75 Å². The van der Waals surface area contributed by atoms with Crippen molar-refractivity contribution in [3.05, 3.63) is 59.2 Å². The molecule has 0 amide bonds. The van der Waals surface area contributed by atoms with Gasteiger partial charge in [-0.25, -0.2) is 4.79 Å². The molecule has 0 aliphatic carbocycles. The lowest BCUT2D eigenvalue weighted by atomic mass is 9.94. The zero-order valence-corrected chi connectivity index (χ0v) is 17.3. The number of anilines is 1. The van der Waals surface area contributed by atoms with Crippen LogP contribution in [0.4, 0.5) is 5.69 Å². The fourth-order valence-electron chi connectivity index (χ4n) is 4.13. The van der Waals surface area contributed by atoms with Crippen LogP contribution in [0.3, 0.4) is 0 Å². The molecule has 1 N–H and O–H groups in total. The van der Waals surface area contributed by atoms with Gasteiger partial charge in [0.15, 0.2) is 0 Å². The Bertz CT molecular complexity index is 858. The summed E-state index contributed by atoms with van der Waals surface area (Å²) in [5.41, 5.74) is 3.34. The number of ether oxygens (including phenoxy) is 3. The van der Waals surface area contributed by atoms with E-state index >= 15 is 0 Å². The minimum Gasteiger partial charge on any atom is -0.508 e. The first-order valence-corrected chi connectivity index (χ1v) is 10.3. The Morgan fingerprint density at radius 1 is 0.967 bits per heavy atom. The van der Waals surface area contributed by atoms with Gasteiger partial charge < -0.3 is 24.2 Å². The Morgan fingerprint density at radius 3 is 2.23 bits per heavy atom. The molecule has 2 aromatic carbocycles. The number of nitrogens with zero attached hydrogens (tertiary/aromatic N) is 2. The molecule has 0 radical (unpaired) electrons. The molecule has 1 unspecified atom stereocenters. The van der Waals surface area contributed by atoms with E-state index in [0.717, 1.165) is 50.6 Å². The molecular formula is C23H28N2O5. The lowest BCUT2D eigenvalue weighted by molar-refractivity contribution is 0.0235. The van der Waals surface area contributed by atoms with Gasteiger partial charge in [0, 0.05) is 37.4 Å². The van der Waals surface area contributed by atoms with Gasteiger partial charge in [-0.05, 0) is 35.9 Å². The highest BCUT2D eigenvalue weighted by molar-refractivity contribution is 5.89. The number of benzene rings is 2. The SMILES string of the molecule is COC(=O)c1ccc(O)c(C(c2ccc(N3CCOCC3)cc2)N2CCOCC2)c1. The summed E-state index contributed by atoms with van der Waals surface area (Å²) in [5.74, 6) is -0.254. The molecule has 30 heavy (non-hydrogen) atoms. The molecule has 1 atom stereocenters. The Labute approximate surface area is 176 Å². The smallest absolute Gasteiger partial charge is 0.337 e. The Morgan fingerprint density at radius 2 is 1.60 bits per heavy atom. The number of aromatic hydroxyl groups is 1. The summed E-state index contributed by atoms with van der Waals surface area (Å²) in [6.07, 6.45) is 0. The average molecular weight is 412 g/mol. The van der Waals surface area contributed by atoms with Crippen LogP contribution in [0.2, 0.25) is 0 Å². The summed E-state index contributed by atoms with van der Waals surface area (Å²) in [5, 5.41) is 10.7. The molecule has 2 aliphatic rings. The van der Waals surface area contributed by atoms with E-state index in [1.165, 1.54) is 7.11 Å². The summed E-state index contributed by atoms with van der Waals surface area (Å²) in [4.78, 5) is 16.7. The quantitative estimate of drug-likeness (QED) is 0.757. The number of hydrogen-bond donors (Lipinski definition) is 1. The van der Waals surface area contributed by atoms with Crippen molar-refractivity contribution in [1.29, 1.82) is 0 Å². The van der Waals surface area contributed by atoms with Crippen LogP contribution in [-0.2, 0) is 14.2 Å². The van der Waals surface area contributed by atoms with Crippen molar-refractivity contribution >= 4 is 11.7 Å². The van der Waals surface area contributed by atoms with Gasteiger partial charge in [0.05, 0.1) is 45.1 Å². The first-order valence-electron chi connectivity index (χ1n) is 10.3. The molecule has 2 aromatic rings. The summed E-state index contributed by atoms with van der Waals surface area (Å²) in [6.45, 7) is 6.02.